The summed E-state index contributed by atoms with van der Waals surface area (Å²) in [6, 6.07) is 6.35. The number of thiophene rings is 1. The fourth-order valence-corrected chi connectivity index (χ4v) is 4.15. The average molecular weight is 423 g/mol. The highest BCUT2D eigenvalue weighted by atomic mass is 127. The number of benzene rings is 1. The van der Waals surface area contributed by atoms with Gasteiger partial charge in [-0.05, 0) is 53.3 Å². The molecule has 0 amide bonds. The van der Waals surface area contributed by atoms with Gasteiger partial charge in [0.25, 0.3) is 10.0 Å². The van der Waals surface area contributed by atoms with E-state index in [1.54, 1.807) is 12.1 Å². The van der Waals surface area contributed by atoms with Gasteiger partial charge in [-0.1, -0.05) is 6.07 Å². The number of hydrogen-bond donors (Lipinski definition) is 2. The summed E-state index contributed by atoms with van der Waals surface area (Å²) in [5, 5.41) is 10.1. The molecule has 0 radical (unpaired) electrons. The zero-order valence-electron chi connectivity index (χ0n) is 10.3. The van der Waals surface area contributed by atoms with Gasteiger partial charge in [-0.25, -0.2) is 13.2 Å². The van der Waals surface area contributed by atoms with Crippen LogP contribution in [0.1, 0.15) is 15.9 Å². The third-order valence-electron chi connectivity index (χ3n) is 2.51. The molecule has 0 fully saturated rings. The number of rotatable bonds is 4. The highest BCUT2D eigenvalue weighted by Gasteiger charge is 2.19. The summed E-state index contributed by atoms with van der Waals surface area (Å²) in [7, 11) is -3.75. The van der Waals surface area contributed by atoms with Crippen LogP contribution < -0.4 is 4.72 Å². The van der Waals surface area contributed by atoms with Crippen molar-refractivity contribution in [3.63, 3.8) is 0 Å². The molecule has 0 saturated heterocycles. The number of carboxylic acid groups (broad SMARTS) is 1. The van der Waals surface area contributed by atoms with Crippen molar-refractivity contribution in [2.24, 2.45) is 0 Å². The van der Waals surface area contributed by atoms with E-state index in [4.69, 9.17) is 5.11 Å². The van der Waals surface area contributed by atoms with Crippen molar-refractivity contribution in [2.45, 2.75) is 11.1 Å². The quantitative estimate of drug-likeness (QED) is 0.741. The molecule has 1 aromatic heterocycles. The molecule has 1 heterocycles. The van der Waals surface area contributed by atoms with Gasteiger partial charge in [-0.2, -0.15) is 0 Å². The van der Waals surface area contributed by atoms with Crippen LogP contribution in [0.4, 0.5) is 5.69 Å². The summed E-state index contributed by atoms with van der Waals surface area (Å²) in [5.74, 6) is -1.15. The number of sulfonamides is 1. The summed E-state index contributed by atoms with van der Waals surface area (Å²) in [6.07, 6.45) is 0. The van der Waals surface area contributed by atoms with Crippen LogP contribution in [-0.2, 0) is 10.0 Å². The van der Waals surface area contributed by atoms with Crippen LogP contribution in [0.2, 0.25) is 0 Å². The van der Waals surface area contributed by atoms with Gasteiger partial charge in [0.15, 0.2) is 0 Å². The van der Waals surface area contributed by atoms with Crippen molar-refractivity contribution in [3.8, 4) is 0 Å². The van der Waals surface area contributed by atoms with E-state index in [1.165, 1.54) is 5.38 Å². The van der Waals surface area contributed by atoms with Crippen molar-refractivity contribution in [1.29, 1.82) is 0 Å². The predicted molar refractivity (Wildman–Crippen MR) is 86.0 cm³/mol. The second kappa shape index (κ2) is 5.70. The van der Waals surface area contributed by atoms with Crippen molar-refractivity contribution < 1.29 is 18.3 Å². The number of anilines is 1. The van der Waals surface area contributed by atoms with E-state index in [2.05, 4.69) is 27.3 Å². The van der Waals surface area contributed by atoms with E-state index in [1.807, 2.05) is 13.0 Å². The maximum Gasteiger partial charge on any atom is 0.336 e. The lowest BCUT2D eigenvalue weighted by Crippen LogP contribution is -2.11. The topological polar surface area (TPSA) is 83.5 Å². The van der Waals surface area contributed by atoms with Crippen LogP contribution in [0.15, 0.2) is 33.9 Å². The number of halogens is 1. The third kappa shape index (κ3) is 3.30. The number of carbonyl (C=O) groups is 1. The van der Waals surface area contributed by atoms with E-state index in [-0.39, 0.29) is 9.77 Å². The average Bonchev–Trinajstić information content (AvgIpc) is 2.84. The normalized spacial score (nSPS) is 11.3. The van der Waals surface area contributed by atoms with Gasteiger partial charge in [0.05, 0.1) is 5.56 Å². The predicted octanol–water partition coefficient (Wildman–Crippen LogP) is 3.16. The Kier molecular flexibility index (Phi) is 4.35. The smallest absolute Gasteiger partial charge is 0.336 e. The summed E-state index contributed by atoms with van der Waals surface area (Å²) in [6.45, 7) is 1.93. The summed E-state index contributed by atoms with van der Waals surface area (Å²) >= 11 is 3.00. The molecule has 2 rings (SSSR count). The van der Waals surface area contributed by atoms with Crippen LogP contribution in [0.5, 0.6) is 0 Å². The monoisotopic (exact) mass is 423 g/mol. The lowest BCUT2D eigenvalue weighted by atomic mass is 10.2. The second-order valence-electron chi connectivity index (χ2n) is 4.03. The van der Waals surface area contributed by atoms with Gasteiger partial charge in [-0.15, -0.1) is 11.3 Å². The van der Waals surface area contributed by atoms with E-state index < -0.39 is 16.0 Å². The first-order chi connectivity index (χ1) is 9.29. The molecule has 0 unspecified atom stereocenters. The number of hydrogen-bond acceptors (Lipinski definition) is 4. The summed E-state index contributed by atoms with van der Waals surface area (Å²) in [4.78, 5) is 10.8. The Labute approximate surface area is 133 Å². The van der Waals surface area contributed by atoms with Crippen LogP contribution in [-0.4, -0.2) is 19.5 Å². The van der Waals surface area contributed by atoms with Gasteiger partial charge in [0.1, 0.15) is 4.21 Å². The first-order valence-corrected chi connectivity index (χ1v) is 8.84. The van der Waals surface area contributed by atoms with E-state index in [0.717, 1.165) is 26.5 Å². The number of nitrogens with one attached hydrogen (secondary N) is 1. The maximum absolute atomic E-state index is 12.1. The summed E-state index contributed by atoms with van der Waals surface area (Å²) in [5.41, 5.74) is 1.47. The van der Waals surface area contributed by atoms with Crippen molar-refractivity contribution in [1.82, 2.24) is 0 Å². The number of aryl methyl sites for hydroxylation is 1. The minimum atomic E-state index is -3.75. The lowest BCUT2D eigenvalue weighted by molar-refractivity contribution is 0.0697. The molecule has 0 atom stereocenters. The molecule has 106 valence electrons. The Morgan fingerprint density at radius 3 is 2.60 bits per heavy atom. The standard InChI is InChI=1S/C12H10INO4S2/c1-7-2-3-9(5-10(7)13)14-20(17,18)11-4-8(6-19-11)12(15)16/h2-6,14H,1H3,(H,15,16). The Morgan fingerprint density at radius 2 is 2.05 bits per heavy atom. The van der Waals surface area contributed by atoms with Crippen LogP contribution in [0, 0.1) is 10.5 Å². The zero-order chi connectivity index (χ0) is 14.9. The van der Waals surface area contributed by atoms with Crippen molar-refractivity contribution in [3.05, 3.63) is 44.3 Å². The molecule has 1 aromatic carbocycles. The van der Waals surface area contributed by atoms with Gasteiger partial charge in [0, 0.05) is 14.6 Å². The highest BCUT2D eigenvalue weighted by molar-refractivity contribution is 14.1. The molecule has 0 aliphatic carbocycles. The summed E-state index contributed by atoms with van der Waals surface area (Å²) < 4.78 is 27.6. The largest absolute Gasteiger partial charge is 0.478 e. The highest BCUT2D eigenvalue weighted by Crippen LogP contribution is 2.24. The first-order valence-electron chi connectivity index (χ1n) is 5.40. The Bertz CT molecular complexity index is 768. The van der Waals surface area contributed by atoms with Crippen molar-refractivity contribution >= 4 is 55.6 Å². The fourth-order valence-electron chi connectivity index (χ4n) is 1.43. The molecule has 2 N–H and O–H groups in total. The van der Waals surface area contributed by atoms with Crippen LogP contribution in [0.25, 0.3) is 0 Å². The van der Waals surface area contributed by atoms with Gasteiger partial charge < -0.3 is 5.11 Å². The Hall–Kier alpha value is -1.13. The first kappa shape index (κ1) is 15.3. The molecule has 20 heavy (non-hydrogen) atoms. The van der Waals surface area contributed by atoms with Gasteiger partial charge >= 0.3 is 5.97 Å². The van der Waals surface area contributed by atoms with Crippen LogP contribution >= 0.6 is 33.9 Å². The van der Waals surface area contributed by atoms with Crippen molar-refractivity contribution in [2.75, 3.05) is 4.72 Å². The van der Waals surface area contributed by atoms with Gasteiger partial charge in [-0.3, -0.25) is 4.72 Å². The second-order valence-corrected chi connectivity index (χ2v) is 8.01. The Morgan fingerprint density at radius 1 is 1.35 bits per heavy atom. The molecule has 0 aliphatic rings. The maximum atomic E-state index is 12.1. The van der Waals surface area contributed by atoms with Crippen LogP contribution in [0.3, 0.4) is 0 Å². The Balaban J connectivity index is 2.30. The molecule has 0 saturated carbocycles. The third-order valence-corrected chi connectivity index (χ3v) is 6.49. The lowest BCUT2D eigenvalue weighted by Gasteiger charge is -2.07. The molecule has 8 heteroatoms. The SMILES string of the molecule is Cc1ccc(NS(=O)(=O)c2cc(C(=O)O)cs2)cc1I. The molecule has 2 aromatic rings. The molecule has 0 spiro atoms. The number of aromatic carboxylic acids is 1. The van der Waals surface area contributed by atoms with E-state index >= 15 is 0 Å². The zero-order valence-corrected chi connectivity index (χ0v) is 14.0. The minimum Gasteiger partial charge on any atom is -0.478 e. The minimum absolute atomic E-state index is 0.0227. The molecular formula is C12H10INO4S2. The van der Waals surface area contributed by atoms with E-state index in [9.17, 15) is 13.2 Å². The molecular weight excluding hydrogens is 413 g/mol. The number of carboxylic acids is 1. The molecule has 5 nitrogen and oxygen atoms in total. The fraction of sp³-hybridized carbons (Fsp3) is 0.0833. The van der Waals surface area contributed by atoms with E-state index in [0.29, 0.717) is 5.69 Å². The van der Waals surface area contributed by atoms with Gasteiger partial charge in [0.2, 0.25) is 0 Å². The molecule has 0 bridgehead atoms. The molecule has 0 aliphatic heterocycles.